The summed E-state index contributed by atoms with van der Waals surface area (Å²) in [4.78, 5) is 36.7. The maximum Gasteiger partial charge on any atom is 0.328 e. The number of rotatable bonds is 5. The van der Waals surface area contributed by atoms with E-state index in [4.69, 9.17) is 16.7 Å². The first kappa shape index (κ1) is 17.7. The van der Waals surface area contributed by atoms with E-state index in [2.05, 4.69) is 5.32 Å². The summed E-state index contributed by atoms with van der Waals surface area (Å²) in [5.41, 5.74) is 1.65. The van der Waals surface area contributed by atoms with Gasteiger partial charge in [0.1, 0.15) is 6.04 Å². The Labute approximate surface area is 154 Å². The van der Waals surface area contributed by atoms with Crippen LogP contribution in [0.15, 0.2) is 54.6 Å². The lowest BCUT2D eigenvalue weighted by molar-refractivity contribution is -0.131. The number of para-hydroxylation sites is 1. The highest BCUT2D eigenvalue weighted by Crippen LogP contribution is 2.30. The summed E-state index contributed by atoms with van der Waals surface area (Å²) in [6, 6.07) is 12.9. The molecule has 1 heterocycles. The molecule has 0 aliphatic carbocycles. The number of carbonyl (C=O) groups is 3. The second-order valence-electron chi connectivity index (χ2n) is 5.72. The number of benzene rings is 2. The van der Waals surface area contributed by atoms with Crippen LogP contribution >= 0.6 is 11.6 Å². The van der Waals surface area contributed by atoms with Crippen molar-refractivity contribution in [2.45, 2.75) is 12.5 Å². The fourth-order valence-corrected chi connectivity index (χ4v) is 2.95. The van der Waals surface area contributed by atoms with Crippen LogP contribution in [0.1, 0.15) is 12.0 Å². The molecule has 0 bridgehead atoms. The second kappa shape index (κ2) is 7.41. The highest BCUT2D eigenvalue weighted by atomic mass is 35.5. The quantitative estimate of drug-likeness (QED) is 0.623. The zero-order chi connectivity index (χ0) is 18.7. The van der Waals surface area contributed by atoms with Crippen LogP contribution in [-0.4, -0.2) is 28.9 Å². The van der Waals surface area contributed by atoms with E-state index in [0.29, 0.717) is 22.0 Å². The highest BCUT2D eigenvalue weighted by Gasteiger charge is 2.40. The summed E-state index contributed by atoms with van der Waals surface area (Å²) >= 11 is 6.10. The Morgan fingerprint density at radius 1 is 1.19 bits per heavy atom. The number of amides is 2. The molecule has 0 saturated carbocycles. The minimum Gasteiger partial charge on any atom is -0.478 e. The molecule has 1 aliphatic rings. The Balaban J connectivity index is 1.79. The van der Waals surface area contributed by atoms with Crippen molar-refractivity contribution in [3.8, 4) is 0 Å². The first-order chi connectivity index (χ1) is 12.5. The van der Waals surface area contributed by atoms with Gasteiger partial charge >= 0.3 is 5.97 Å². The molecule has 1 fully saturated rings. The minimum atomic E-state index is -1.05. The van der Waals surface area contributed by atoms with Gasteiger partial charge in [-0.05, 0) is 35.9 Å². The summed E-state index contributed by atoms with van der Waals surface area (Å²) < 4.78 is 0. The van der Waals surface area contributed by atoms with Gasteiger partial charge in [0, 0.05) is 11.8 Å². The maximum atomic E-state index is 12.7. The number of imide groups is 1. The predicted octanol–water partition coefficient (Wildman–Crippen LogP) is 3.18. The Hall–Kier alpha value is -3.12. The van der Waals surface area contributed by atoms with Gasteiger partial charge in [-0.15, -0.1) is 0 Å². The lowest BCUT2D eigenvalue weighted by Crippen LogP contribution is -2.35. The number of aliphatic carboxylic acids is 1. The normalized spacial score (nSPS) is 17.1. The summed E-state index contributed by atoms with van der Waals surface area (Å²) in [5.74, 6) is -1.76. The first-order valence-corrected chi connectivity index (χ1v) is 8.22. The van der Waals surface area contributed by atoms with Gasteiger partial charge in [0.05, 0.1) is 17.1 Å². The van der Waals surface area contributed by atoms with Crippen LogP contribution in [0.3, 0.4) is 0 Å². The van der Waals surface area contributed by atoms with E-state index < -0.39 is 12.0 Å². The lowest BCUT2D eigenvalue weighted by atomic mass is 10.1. The van der Waals surface area contributed by atoms with Crippen molar-refractivity contribution in [3.05, 3.63) is 65.2 Å². The van der Waals surface area contributed by atoms with Gasteiger partial charge in [0.25, 0.3) is 5.91 Å². The SMILES string of the molecule is O=C(O)/C=C/c1cccc(NC2CC(=O)N(c3ccccc3Cl)C2=O)c1. The molecule has 2 aromatic rings. The van der Waals surface area contributed by atoms with Crippen molar-refractivity contribution in [3.63, 3.8) is 0 Å². The molecule has 3 rings (SSSR count). The molecule has 2 aromatic carbocycles. The molecule has 0 spiro atoms. The van der Waals surface area contributed by atoms with Gasteiger partial charge in [-0.1, -0.05) is 35.9 Å². The zero-order valence-electron chi connectivity index (χ0n) is 13.6. The molecule has 2 amide bonds. The Morgan fingerprint density at radius 3 is 2.69 bits per heavy atom. The molecular formula is C19H15ClN2O4. The van der Waals surface area contributed by atoms with Crippen LogP contribution in [-0.2, 0) is 14.4 Å². The van der Waals surface area contributed by atoms with Crippen LogP contribution in [0.25, 0.3) is 6.08 Å². The molecule has 6 nitrogen and oxygen atoms in total. The molecular weight excluding hydrogens is 356 g/mol. The van der Waals surface area contributed by atoms with Gasteiger partial charge in [-0.25, -0.2) is 9.69 Å². The number of carboxylic acid groups (broad SMARTS) is 1. The van der Waals surface area contributed by atoms with E-state index in [-0.39, 0.29) is 18.2 Å². The Bertz CT molecular complexity index is 910. The van der Waals surface area contributed by atoms with Crippen LogP contribution in [0.5, 0.6) is 0 Å². The van der Waals surface area contributed by atoms with E-state index in [1.807, 2.05) is 0 Å². The molecule has 7 heteroatoms. The standard InChI is InChI=1S/C19H15ClN2O4/c20-14-6-1-2-7-16(14)22-17(23)11-15(19(22)26)21-13-5-3-4-12(10-13)8-9-18(24)25/h1-10,15,21H,11H2,(H,24,25)/b9-8+. The number of nitrogens with one attached hydrogen (secondary N) is 1. The average molecular weight is 371 g/mol. The third-order valence-corrected chi connectivity index (χ3v) is 4.21. The van der Waals surface area contributed by atoms with Gasteiger partial charge in [-0.2, -0.15) is 0 Å². The number of halogens is 1. The molecule has 1 saturated heterocycles. The Kier molecular flexibility index (Phi) is 5.04. The first-order valence-electron chi connectivity index (χ1n) is 7.84. The van der Waals surface area contributed by atoms with Crippen LogP contribution < -0.4 is 10.2 Å². The maximum absolute atomic E-state index is 12.7. The number of hydrogen-bond donors (Lipinski definition) is 2. The van der Waals surface area contributed by atoms with Crippen LogP contribution in [0, 0.1) is 0 Å². The van der Waals surface area contributed by atoms with Crippen molar-refractivity contribution < 1.29 is 19.5 Å². The Morgan fingerprint density at radius 2 is 1.96 bits per heavy atom. The van der Waals surface area contributed by atoms with E-state index >= 15 is 0 Å². The molecule has 1 atom stereocenters. The zero-order valence-corrected chi connectivity index (χ0v) is 14.3. The average Bonchev–Trinajstić information content (AvgIpc) is 2.88. The number of hydrogen-bond acceptors (Lipinski definition) is 4. The second-order valence-corrected chi connectivity index (χ2v) is 6.12. The van der Waals surface area contributed by atoms with Crippen LogP contribution in [0.2, 0.25) is 5.02 Å². The third kappa shape index (κ3) is 3.75. The van der Waals surface area contributed by atoms with Gasteiger partial charge in [0.2, 0.25) is 5.91 Å². The van der Waals surface area contributed by atoms with Crippen molar-refractivity contribution in [1.82, 2.24) is 0 Å². The van der Waals surface area contributed by atoms with E-state index in [1.165, 1.54) is 6.08 Å². The smallest absolute Gasteiger partial charge is 0.328 e. The van der Waals surface area contributed by atoms with Crippen molar-refractivity contribution >= 4 is 46.8 Å². The topological polar surface area (TPSA) is 86.7 Å². The lowest BCUT2D eigenvalue weighted by Gasteiger charge is -2.17. The molecule has 0 aromatic heterocycles. The fraction of sp³-hybridized carbons (Fsp3) is 0.105. The summed E-state index contributed by atoms with van der Waals surface area (Å²) in [5, 5.41) is 12.1. The number of nitrogens with zero attached hydrogens (tertiary/aromatic N) is 1. The van der Waals surface area contributed by atoms with Crippen molar-refractivity contribution in [2.24, 2.45) is 0 Å². The van der Waals surface area contributed by atoms with Gasteiger partial charge < -0.3 is 10.4 Å². The van der Waals surface area contributed by atoms with Crippen LogP contribution in [0.4, 0.5) is 11.4 Å². The molecule has 0 radical (unpaired) electrons. The number of anilines is 2. The molecule has 132 valence electrons. The molecule has 1 unspecified atom stereocenters. The van der Waals surface area contributed by atoms with Gasteiger partial charge in [-0.3, -0.25) is 9.59 Å². The van der Waals surface area contributed by atoms with Crippen molar-refractivity contribution in [1.29, 1.82) is 0 Å². The van der Waals surface area contributed by atoms with E-state index in [1.54, 1.807) is 48.5 Å². The molecule has 1 aliphatic heterocycles. The molecule has 2 N–H and O–H groups in total. The van der Waals surface area contributed by atoms with E-state index in [9.17, 15) is 14.4 Å². The summed E-state index contributed by atoms with van der Waals surface area (Å²) in [7, 11) is 0. The fourth-order valence-electron chi connectivity index (χ4n) is 2.73. The van der Waals surface area contributed by atoms with Crippen molar-refractivity contribution in [2.75, 3.05) is 10.2 Å². The van der Waals surface area contributed by atoms with Gasteiger partial charge in [0.15, 0.2) is 0 Å². The monoisotopic (exact) mass is 370 g/mol. The summed E-state index contributed by atoms with van der Waals surface area (Å²) in [6.07, 6.45) is 2.49. The number of carboxylic acids is 1. The minimum absolute atomic E-state index is 0.0131. The molecule has 26 heavy (non-hydrogen) atoms. The predicted molar refractivity (Wildman–Crippen MR) is 99.1 cm³/mol. The largest absolute Gasteiger partial charge is 0.478 e. The van der Waals surface area contributed by atoms with E-state index in [0.717, 1.165) is 11.0 Å². The number of carbonyl (C=O) groups excluding carboxylic acids is 2. The third-order valence-electron chi connectivity index (χ3n) is 3.89. The highest BCUT2D eigenvalue weighted by molar-refractivity contribution is 6.36. The summed E-state index contributed by atoms with van der Waals surface area (Å²) in [6.45, 7) is 0.